The summed E-state index contributed by atoms with van der Waals surface area (Å²) in [6.07, 6.45) is 0.901. The van der Waals surface area contributed by atoms with Crippen LogP contribution in [0.3, 0.4) is 0 Å². The van der Waals surface area contributed by atoms with Crippen molar-refractivity contribution in [1.29, 1.82) is 0 Å². The molecule has 1 aromatic heterocycles. The van der Waals surface area contributed by atoms with Gasteiger partial charge in [-0.2, -0.15) is 11.8 Å². The molecule has 0 radical (unpaired) electrons. The van der Waals surface area contributed by atoms with E-state index in [2.05, 4.69) is 4.98 Å². The third kappa shape index (κ3) is 4.24. The lowest BCUT2D eigenvalue weighted by Crippen LogP contribution is -2.14. The van der Waals surface area contributed by atoms with Gasteiger partial charge in [-0.15, -0.1) is 0 Å². The van der Waals surface area contributed by atoms with Crippen molar-refractivity contribution >= 4 is 23.4 Å². The molecule has 2 aromatic rings. The zero-order valence-electron chi connectivity index (χ0n) is 10.1. The van der Waals surface area contributed by atoms with Gasteiger partial charge in [-0.05, 0) is 18.2 Å². The molecular weight excluding hydrogens is 286 g/mol. The van der Waals surface area contributed by atoms with Gasteiger partial charge in [0.2, 0.25) is 5.89 Å². The molecule has 0 aliphatic rings. The second kappa shape index (κ2) is 6.96. The first kappa shape index (κ1) is 14.4. The van der Waals surface area contributed by atoms with Crippen molar-refractivity contribution < 1.29 is 14.6 Å². The maximum atomic E-state index is 9.22. The van der Waals surface area contributed by atoms with Crippen molar-refractivity contribution in [3.63, 3.8) is 0 Å². The molecule has 1 aromatic carbocycles. The average Bonchev–Trinajstić information content (AvgIpc) is 2.87. The van der Waals surface area contributed by atoms with Crippen LogP contribution < -0.4 is 0 Å². The van der Waals surface area contributed by atoms with Crippen molar-refractivity contribution in [2.24, 2.45) is 0 Å². The van der Waals surface area contributed by atoms with E-state index in [1.54, 1.807) is 18.4 Å². The molecule has 4 nitrogen and oxygen atoms in total. The highest BCUT2D eigenvalue weighted by Crippen LogP contribution is 2.23. The largest absolute Gasteiger partial charge is 0.444 e. The van der Waals surface area contributed by atoms with E-state index in [0.717, 1.165) is 11.3 Å². The molecule has 1 heterocycles. The number of hydrogen-bond donors (Lipinski definition) is 2. The predicted octanol–water partition coefficient (Wildman–Crippen LogP) is 2.58. The van der Waals surface area contributed by atoms with Crippen LogP contribution in [-0.4, -0.2) is 33.7 Å². The number of hydrogen-bond acceptors (Lipinski definition) is 5. The van der Waals surface area contributed by atoms with Crippen LogP contribution in [0.25, 0.3) is 11.5 Å². The lowest BCUT2D eigenvalue weighted by molar-refractivity contribution is 0.113. The molecular formula is C13H14ClNO3S. The number of thioether (sulfide) groups is 1. The van der Waals surface area contributed by atoms with Gasteiger partial charge in [0.25, 0.3) is 0 Å². The van der Waals surface area contributed by atoms with Crippen molar-refractivity contribution in [1.82, 2.24) is 4.98 Å². The highest BCUT2D eigenvalue weighted by atomic mass is 35.5. The Morgan fingerprint density at radius 1 is 1.42 bits per heavy atom. The van der Waals surface area contributed by atoms with Gasteiger partial charge in [-0.25, -0.2) is 4.98 Å². The first-order valence-electron chi connectivity index (χ1n) is 5.76. The summed E-state index contributed by atoms with van der Waals surface area (Å²) in [5.41, 5.74) is 1.63. The molecule has 0 fully saturated rings. The van der Waals surface area contributed by atoms with Crippen LogP contribution in [0.5, 0.6) is 0 Å². The maximum absolute atomic E-state index is 9.22. The van der Waals surface area contributed by atoms with Crippen LogP contribution in [-0.2, 0) is 5.75 Å². The molecule has 0 aliphatic carbocycles. The Morgan fingerprint density at radius 2 is 2.26 bits per heavy atom. The first-order valence-corrected chi connectivity index (χ1v) is 7.29. The Balaban J connectivity index is 1.95. The van der Waals surface area contributed by atoms with E-state index >= 15 is 0 Å². The maximum Gasteiger partial charge on any atom is 0.226 e. The quantitative estimate of drug-likeness (QED) is 0.858. The van der Waals surface area contributed by atoms with Crippen LogP contribution in [0.15, 0.2) is 34.9 Å². The molecule has 6 heteroatoms. The fourth-order valence-corrected chi connectivity index (χ4v) is 2.51. The molecule has 0 saturated heterocycles. The van der Waals surface area contributed by atoms with Crippen molar-refractivity contribution in [3.8, 4) is 11.5 Å². The fraction of sp³-hybridized carbons (Fsp3) is 0.308. The number of aliphatic hydroxyl groups excluding tert-OH is 2. The standard InChI is InChI=1S/C13H14ClNO3S/c14-10-3-1-2-9(4-10)13-15-11(6-18-13)7-19-8-12(17)5-16/h1-4,6,12,16-17H,5,7-8H2/t12-/m1/s1. The van der Waals surface area contributed by atoms with Crippen LogP contribution in [0.4, 0.5) is 0 Å². The van der Waals surface area contributed by atoms with Crippen LogP contribution in [0, 0.1) is 0 Å². The highest BCUT2D eigenvalue weighted by molar-refractivity contribution is 7.98. The third-order valence-corrected chi connectivity index (χ3v) is 3.75. The van der Waals surface area contributed by atoms with Gasteiger partial charge in [0.15, 0.2) is 0 Å². The van der Waals surface area contributed by atoms with Gasteiger partial charge in [-0.1, -0.05) is 17.7 Å². The van der Waals surface area contributed by atoms with Gasteiger partial charge >= 0.3 is 0 Å². The second-order valence-electron chi connectivity index (χ2n) is 4.01. The van der Waals surface area contributed by atoms with Gasteiger partial charge in [-0.3, -0.25) is 0 Å². The molecule has 0 unspecified atom stereocenters. The number of nitrogens with zero attached hydrogens (tertiary/aromatic N) is 1. The van der Waals surface area contributed by atoms with Crippen LogP contribution >= 0.6 is 23.4 Å². The molecule has 2 N–H and O–H groups in total. The first-order chi connectivity index (χ1) is 9.19. The second-order valence-corrected chi connectivity index (χ2v) is 5.47. The molecule has 0 amide bonds. The van der Waals surface area contributed by atoms with Gasteiger partial charge < -0.3 is 14.6 Å². The number of benzene rings is 1. The number of aromatic nitrogens is 1. The summed E-state index contributed by atoms with van der Waals surface area (Å²) in [6, 6.07) is 7.30. The molecule has 1 atom stereocenters. The Kier molecular flexibility index (Phi) is 5.27. The van der Waals surface area contributed by atoms with E-state index in [9.17, 15) is 5.11 Å². The van der Waals surface area contributed by atoms with E-state index in [0.29, 0.717) is 22.4 Å². The number of aliphatic hydroxyl groups is 2. The molecule has 2 rings (SSSR count). The monoisotopic (exact) mass is 299 g/mol. The summed E-state index contributed by atoms with van der Waals surface area (Å²) in [4.78, 5) is 4.35. The zero-order valence-corrected chi connectivity index (χ0v) is 11.7. The summed E-state index contributed by atoms with van der Waals surface area (Å²) < 4.78 is 5.39. The van der Waals surface area contributed by atoms with E-state index in [4.69, 9.17) is 21.1 Å². The minimum atomic E-state index is -0.690. The summed E-state index contributed by atoms with van der Waals surface area (Å²) >= 11 is 7.40. The third-order valence-electron chi connectivity index (χ3n) is 2.39. The number of oxazole rings is 1. The molecule has 0 bridgehead atoms. The molecule has 0 saturated carbocycles. The minimum Gasteiger partial charge on any atom is -0.444 e. The molecule has 19 heavy (non-hydrogen) atoms. The Hall–Kier alpha value is -1.01. The number of halogens is 1. The Bertz CT molecular complexity index is 532. The van der Waals surface area contributed by atoms with Crippen LogP contribution in [0.2, 0.25) is 5.02 Å². The average molecular weight is 300 g/mol. The van der Waals surface area contributed by atoms with Gasteiger partial charge in [0.1, 0.15) is 6.26 Å². The van der Waals surface area contributed by atoms with E-state index in [1.165, 1.54) is 11.8 Å². The minimum absolute atomic E-state index is 0.223. The fourth-order valence-electron chi connectivity index (χ4n) is 1.48. The highest BCUT2D eigenvalue weighted by Gasteiger charge is 2.08. The summed E-state index contributed by atoms with van der Waals surface area (Å²) in [5.74, 6) is 1.62. The van der Waals surface area contributed by atoms with Crippen molar-refractivity contribution in [2.45, 2.75) is 11.9 Å². The number of rotatable bonds is 6. The summed E-state index contributed by atoms with van der Waals surface area (Å²) in [6.45, 7) is -0.223. The normalized spacial score (nSPS) is 12.6. The lowest BCUT2D eigenvalue weighted by atomic mass is 10.2. The Labute approximate surface area is 120 Å². The van der Waals surface area contributed by atoms with Crippen molar-refractivity contribution in [3.05, 3.63) is 41.2 Å². The SMILES string of the molecule is OC[C@@H](O)CSCc1coc(-c2cccc(Cl)c2)n1. The molecule has 0 aliphatic heterocycles. The van der Waals surface area contributed by atoms with E-state index < -0.39 is 6.10 Å². The Morgan fingerprint density at radius 3 is 3.00 bits per heavy atom. The van der Waals surface area contributed by atoms with E-state index in [-0.39, 0.29) is 6.61 Å². The van der Waals surface area contributed by atoms with Crippen molar-refractivity contribution in [2.75, 3.05) is 12.4 Å². The summed E-state index contributed by atoms with van der Waals surface area (Å²) in [7, 11) is 0. The molecule has 0 spiro atoms. The topological polar surface area (TPSA) is 66.5 Å². The van der Waals surface area contributed by atoms with Gasteiger partial charge in [0, 0.05) is 22.1 Å². The smallest absolute Gasteiger partial charge is 0.226 e. The van der Waals surface area contributed by atoms with E-state index in [1.807, 2.05) is 12.1 Å². The molecule has 102 valence electrons. The lowest BCUT2D eigenvalue weighted by Gasteiger charge is -2.04. The predicted molar refractivity (Wildman–Crippen MR) is 76.2 cm³/mol. The van der Waals surface area contributed by atoms with Gasteiger partial charge in [0.05, 0.1) is 18.4 Å². The summed E-state index contributed by atoms with van der Waals surface area (Å²) in [5, 5.41) is 18.6. The zero-order chi connectivity index (χ0) is 13.7. The van der Waals surface area contributed by atoms with Crippen LogP contribution in [0.1, 0.15) is 5.69 Å².